The van der Waals surface area contributed by atoms with Gasteiger partial charge < -0.3 is 14.8 Å². The SMILES string of the molecule is COc1ccc(C(=O)NCCC(c2ccccc2)C2CCOC(C)(C)C2)cc1. The lowest BCUT2D eigenvalue weighted by Gasteiger charge is -2.39. The quantitative estimate of drug-likeness (QED) is 0.749. The van der Waals surface area contributed by atoms with Gasteiger partial charge in [0.2, 0.25) is 0 Å². The summed E-state index contributed by atoms with van der Waals surface area (Å²) >= 11 is 0. The Morgan fingerprint density at radius 2 is 1.89 bits per heavy atom. The highest BCUT2D eigenvalue weighted by Crippen LogP contribution is 2.39. The molecule has 1 amide bonds. The van der Waals surface area contributed by atoms with Crippen LogP contribution in [-0.4, -0.2) is 31.8 Å². The number of ether oxygens (including phenoxy) is 2. The Bertz CT molecular complexity index is 755. The second kappa shape index (κ2) is 9.24. The number of rotatable bonds is 7. The number of hydrogen-bond donors (Lipinski definition) is 1. The lowest BCUT2D eigenvalue weighted by atomic mass is 9.75. The Balaban J connectivity index is 1.63. The molecule has 2 aromatic rings. The second-order valence-electron chi connectivity index (χ2n) is 8.15. The maximum absolute atomic E-state index is 12.5. The minimum Gasteiger partial charge on any atom is -0.497 e. The van der Waals surface area contributed by atoms with E-state index in [2.05, 4.69) is 49.5 Å². The third kappa shape index (κ3) is 5.35. The predicted octanol–water partition coefficient (Wildman–Crippen LogP) is 4.80. The molecule has 0 aromatic heterocycles. The first kappa shape index (κ1) is 20.4. The van der Waals surface area contributed by atoms with Gasteiger partial charge in [-0.1, -0.05) is 30.3 Å². The molecule has 2 unspecified atom stereocenters. The van der Waals surface area contributed by atoms with Crippen molar-refractivity contribution in [3.05, 3.63) is 65.7 Å². The fourth-order valence-corrected chi connectivity index (χ4v) is 4.18. The molecule has 1 saturated heterocycles. The van der Waals surface area contributed by atoms with Crippen LogP contribution in [0.4, 0.5) is 0 Å². The van der Waals surface area contributed by atoms with Gasteiger partial charge in [-0.25, -0.2) is 0 Å². The highest BCUT2D eigenvalue weighted by Gasteiger charge is 2.33. The minimum absolute atomic E-state index is 0.0400. The van der Waals surface area contributed by atoms with Gasteiger partial charge in [0, 0.05) is 18.7 Å². The van der Waals surface area contributed by atoms with E-state index in [9.17, 15) is 4.79 Å². The lowest BCUT2D eigenvalue weighted by Crippen LogP contribution is -2.37. The van der Waals surface area contributed by atoms with Gasteiger partial charge in [0.05, 0.1) is 12.7 Å². The largest absolute Gasteiger partial charge is 0.497 e. The zero-order valence-electron chi connectivity index (χ0n) is 17.1. The standard InChI is InChI=1S/C24H31NO3/c1-24(2)17-20(14-16-28-24)22(18-7-5-4-6-8-18)13-15-25-23(26)19-9-11-21(27-3)12-10-19/h4-12,20,22H,13-17H2,1-3H3,(H,25,26). The van der Waals surface area contributed by atoms with Gasteiger partial charge in [-0.15, -0.1) is 0 Å². The van der Waals surface area contributed by atoms with Crippen LogP contribution in [0.1, 0.15) is 54.9 Å². The van der Waals surface area contributed by atoms with E-state index in [-0.39, 0.29) is 11.5 Å². The van der Waals surface area contributed by atoms with E-state index in [1.165, 1.54) is 5.56 Å². The van der Waals surface area contributed by atoms with Crippen LogP contribution in [0.5, 0.6) is 5.75 Å². The topological polar surface area (TPSA) is 47.6 Å². The summed E-state index contributed by atoms with van der Waals surface area (Å²) in [4.78, 5) is 12.5. The lowest BCUT2D eigenvalue weighted by molar-refractivity contribution is -0.0771. The summed E-state index contributed by atoms with van der Waals surface area (Å²) in [6.07, 6.45) is 3.03. The van der Waals surface area contributed by atoms with Crippen LogP contribution >= 0.6 is 0 Å². The maximum atomic E-state index is 12.5. The van der Waals surface area contributed by atoms with Gasteiger partial charge in [0.1, 0.15) is 5.75 Å². The smallest absolute Gasteiger partial charge is 0.251 e. The van der Waals surface area contributed by atoms with Crippen molar-refractivity contribution >= 4 is 5.91 Å². The van der Waals surface area contributed by atoms with Gasteiger partial charge in [-0.05, 0) is 74.8 Å². The van der Waals surface area contributed by atoms with Crippen molar-refractivity contribution in [3.63, 3.8) is 0 Å². The van der Waals surface area contributed by atoms with Crippen molar-refractivity contribution < 1.29 is 14.3 Å². The second-order valence-corrected chi connectivity index (χ2v) is 8.15. The fourth-order valence-electron chi connectivity index (χ4n) is 4.18. The summed E-state index contributed by atoms with van der Waals surface area (Å²) in [5.74, 6) is 1.69. The molecule has 1 aliphatic heterocycles. The van der Waals surface area contributed by atoms with Crippen LogP contribution in [0, 0.1) is 5.92 Å². The number of nitrogens with one attached hydrogen (secondary N) is 1. The van der Waals surface area contributed by atoms with Crippen molar-refractivity contribution in [1.82, 2.24) is 5.32 Å². The summed E-state index contributed by atoms with van der Waals surface area (Å²) < 4.78 is 11.1. The zero-order chi connectivity index (χ0) is 20.0. The Morgan fingerprint density at radius 3 is 2.54 bits per heavy atom. The predicted molar refractivity (Wildman–Crippen MR) is 112 cm³/mol. The maximum Gasteiger partial charge on any atom is 0.251 e. The zero-order valence-corrected chi connectivity index (χ0v) is 17.1. The molecular weight excluding hydrogens is 350 g/mol. The molecular formula is C24H31NO3. The van der Waals surface area contributed by atoms with Gasteiger partial charge in [0.15, 0.2) is 0 Å². The van der Waals surface area contributed by atoms with Crippen molar-refractivity contribution in [2.75, 3.05) is 20.3 Å². The Hall–Kier alpha value is -2.33. The van der Waals surface area contributed by atoms with Crippen LogP contribution in [0.2, 0.25) is 0 Å². The molecule has 0 aliphatic carbocycles. The molecule has 0 spiro atoms. The van der Waals surface area contributed by atoms with E-state index >= 15 is 0 Å². The molecule has 3 rings (SSSR count). The summed E-state index contributed by atoms with van der Waals surface area (Å²) in [5.41, 5.74) is 1.93. The van der Waals surface area contributed by atoms with E-state index < -0.39 is 0 Å². The van der Waals surface area contributed by atoms with Crippen molar-refractivity contribution in [2.24, 2.45) is 5.92 Å². The molecule has 150 valence electrons. The molecule has 4 heteroatoms. The van der Waals surface area contributed by atoms with Crippen LogP contribution in [-0.2, 0) is 4.74 Å². The van der Waals surface area contributed by atoms with E-state index in [1.54, 1.807) is 19.2 Å². The summed E-state index contributed by atoms with van der Waals surface area (Å²) in [6.45, 7) is 5.81. The van der Waals surface area contributed by atoms with Gasteiger partial charge in [-0.3, -0.25) is 4.79 Å². The number of methoxy groups -OCH3 is 1. The van der Waals surface area contributed by atoms with Gasteiger partial charge in [0.25, 0.3) is 5.91 Å². The Morgan fingerprint density at radius 1 is 1.18 bits per heavy atom. The molecule has 0 bridgehead atoms. The highest BCUT2D eigenvalue weighted by molar-refractivity contribution is 5.94. The fraction of sp³-hybridized carbons (Fsp3) is 0.458. The van der Waals surface area contributed by atoms with Gasteiger partial charge in [-0.2, -0.15) is 0 Å². The number of benzene rings is 2. The summed E-state index contributed by atoms with van der Waals surface area (Å²) in [7, 11) is 1.62. The van der Waals surface area contributed by atoms with Crippen LogP contribution in [0.3, 0.4) is 0 Å². The van der Waals surface area contributed by atoms with E-state index in [4.69, 9.17) is 9.47 Å². The molecule has 1 aliphatic rings. The first-order valence-corrected chi connectivity index (χ1v) is 10.1. The first-order chi connectivity index (χ1) is 13.5. The average molecular weight is 382 g/mol. The molecule has 0 radical (unpaired) electrons. The van der Waals surface area contributed by atoms with Gasteiger partial charge >= 0.3 is 0 Å². The molecule has 1 heterocycles. The van der Waals surface area contributed by atoms with Crippen LogP contribution in [0.25, 0.3) is 0 Å². The normalized spacial score (nSPS) is 19.6. The van der Waals surface area contributed by atoms with Crippen molar-refractivity contribution in [2.45, 2.75) is 44.6 Å². The van der Waals surface area contributed by atoms with Crippen molar-refractivity contribution in [1.29, 1.82) is 0 Å². The number of hydrogen-bond acceptors (Lipinski definition) is 3. The van der Waals surface area contributed by atoms with Crippen LogP contribution < -0.4 is 10.1 Å². The van der Waals surface area contributed by atoms with Crippen molar-refractivity contribution in [3.8, 4) is 5.75 Å². The molecule has 1 N–H and O–H groups in total. The number of carbonyl (C=O) groups is 1. The summed E-state index contributed by atoms with van der Waals surface area (Å²) in [5, 5.41) is 3.09. The molecule has 4 nitrogen and oxygen atoms in total. The first-order valence-electron chi connectivity index (χ1n) is 10.1. The monoisotopic (exact) mass is 381 g/mol. The highest BCUT2D eigenvalue weighted by atomic mass is 16.5. The number of amides is 1. The summed E-state index contributed by atoms with van der Waals surface area (Å²) in [6, 6.07) is 17.9. The molecule has 1 fully saturated rings. The van der Waals surface area contributed by atoms with E-state index in [0.29, 0.717) is 23.9 Å². The third-order valence-electron chi connectivity index (χ3n) is 5.63. The third-order valence-corrected chi connectivity index (χ3v) is 5.63. The molecule has 2 aromatic carbocycles. The Kier molecular flexibility index (Phi) is 6.74. The molecule has 0 saturated carbocycles. The van der Waals surface area contributed by atoms with E-state index in [0.717, 1.165) is 31.6 Å². The average Bonchev–Trinajstić information content (AvgIpc) is 2.71. The number of carbonyl (C=O) groups excluding carboxylic acids is 1. The molecule has 28 heavy (non-hydrogen) atoms. The Labute approximate surface area is 168 Å². The molecule has 2 atom stereocenters. The van der Waals surface area contributed by atoms with Crippen LogP contribution in [0.15, 0.2) is 54.6 Å². The minimum atomic E-state index is -0.0811. The van der Waals surface area contributed by atoms with E-state index in [1.807, 2.05) is 12.1 Å².